The normalized spacial score (nSPS) is 10.9. The Kier molecular flexibility index (Phi) is 2.07. The monoisotopic (exact) mass is 228 g/mol. The molecule has 0 spiro atoms. The first-order valence-corrected chi connectivity index (χ1v) is 5.32. The van der Waals surface area contributed by atoms with Crippen molar-refractivity contribution in [2.75, 3.05) is 12.4 Å². The number of hydrogen-bond donors (Lipinski definition) is 2. The molecular formula is C11H12N6. The molecule has 0 atom stereocenters. The molecule has 0 aliphatic heterocycles. The van der Waals surface area contributed by atoms with E-state index >= 15 is 0 Å². The highest BCUT2D eigenvalue weighted by Gasteiger charge is 2.10. The summed E-state index contributed by atoms with van der Waals surface area (Å²) in [6.45, 7) is 2.03. The fourth-order valence-corrected chi connectivity index (χ4v) is 1.89. The zero-order chi connectivity index (χ0) is 11.8. The van der Waals surface area contributed by atoms with Crippen LogP contribution >= 0.6 is 0 Å². The van der Waals surface area contributed by atoms with E-state index in [4.69, 9.17) is 0 Å². The zero-order valence-electron chi connectivity index (χ0n) is 9.60. The lowest BCUT2D eigenvalue weighted by Crippen LogP contribution is -1.92. The molecule has 0 bridgehead atoms. The average Bonchev–Trinajstić information content (AvgIpc) is 2.97. The number of anilines is 1. The van der Waals surface area contributed by atoms with Crippen LogP contribution in [0.2, 0.25) is 0 Å². The van der Waals surface area contributed by atoms with Crippen molar-refractivity contribution < 1.29 is 0 Å². The van der Waals surface area contributed by atoms with Gasteiger partial charge in [-0.2, -0.15) is 10.1 Å². The minimum absolute atomic E-state index is 0.623. The van der Waals surface area contributed by atoms with Crippen LogP contribution in [0.5, 0.6) is 0 Å². The summed E-state index contributed by atoms with van der Waals surface area (Å²) in [6.07, 6.45) is 5.57. The van der Waals surface area contributed by atoms with Crippen LogP contribution in [0, 0.1) is 6.92 Å². The number of aromatic amines is 1. The van der Waals surface area contributed by atoms with Crippen molar-refractivity contribution >= 4 is 11.6 Å². The second kappa shape index (κ2) is 3.58. The van der Waals surface area contributed by atoms with Gasteiger partial charge in [0.25, 0.3) is 0 Å². The lowest BCUT2D eigenvalue weighted by Gasteiger charge is -2.03. The van der Waals surface area contributed by atoms with Crippen molar-refractivity contribution in [2.45, 2.75) is 6.92 Å². The van der Waals surface area contributed by atoms with E-state index in [1.165, 1.54) is 0 Å². The molecule has 0 aromatic carbocycles. The summed E-state index contributed by atoms with van der Waals surface area (Å²) in [7, 11) is 1.81. The molecule has 6 nitrogen and oxygen atoms in total. The molecule has 17 heavy (non-hydrogen) atoms. The molecule has 0 saturated heterocycles. The number of aromatic nitrogens is 5. The van der Waals surface area contributed by atoms with Crippen molar-refractivity contribution in [1.29, 1.82) is 0 Å². The van der Waals surface area contributed by atoms with Gasteiger partial charge in [-0.25, -0.2) is 4.52 Å². The maximum Gasteiger partial charge on any atom is 0.242 e. The molecule has 3 heterocycles. The Hall–Kier alpha value is -2.37. The van der Waals surface area contributed by atoms with Gasteiger partial charge in [0.2, 0.25) is 5.95 Å². The number of fused-ring (bicyclic) bond motifs is 1. The van der Waals surface area contributed by atoms with Gasteiger partial charge in [-0.3, -0.25) is 5.10 Å². The van der Waals surface area contributed by atoms with E-state index in [1.807, 2.05) is 25.4 Å². The summed E-state index contributed by atoms with van der Waals surface area (Å²) in [4.78, 5) is 4.41. The molecule has 0 aliphatic carbocycles. The summed E-state index contributed by atoms with van der Waals surface area (Å²) in [5, 5.41) is 14.0. The number of nitrogens with zero attached hydrogens (tertiary/aromatic N) is 4. The molecule has 0 saturated carbocycles. The van der Waals surface area contributed by atoms with E-state index in [-0.39, 0.29) is 0 Å². The maximum absolute atomic E-state index is 4.41. The van der Waals surface area contributed by atoms with E-state index in [9.17, 15) is 0 Å². The van der Waals surface area contributed by atoms with Gasteiger partial charge >= 0.3 is 0 Å². The lowest BCUT2D eigenvalue weighted by molar-refractivity contribution is 0.958. The Balaban J connectivity index is 2.25. The molecule has 86 valence electrons. The largest absolute Gasteiger partial charge is 0.356 e. The van der Waals surface area contributed by atoms with Crippen LogP contribution in [0.4, 0.5) is 5.95 Å². The Morgan fingerprint density at radius 2 is 2.29 bits per heavy atom. The van der Waals surface area contributed by atoms with Crippen LogP contribution in [0.15, 0.2) is 24.7 Å². The molecule has 0 unspecified atom stereocenters. The van der Waals surface area contributed by atoms with Crippen molar-refractivity contribution in [3.05, 3.63) is 30.2 Å². The van der Waals surface area contributed by atoms with Crippen molar-refractivity contribution in [3.63, 3.8) is 0 Å². The van der Waals surface area contributed by atoms with Crippen LogP contribution < -0.4 is 5.32 Å². The number of aryl methyl sites for hydroxylation is 1. The molecule has 3 rings (SSSR count). The highest BCUT2D eigenvalue weighted by atomic mass is 15.3. The third-order valence-corrected chi connectivity index (χ3v) is 2.79. The highest BCUT2D eigenvalue weighted by molar-refractivity contribution is 5.72. The van der Waals surface area contributed by atoms with Crippen molar-refractivity contribution in [3.8, 4) is 11.1 Å². The van der Waals surface area contributed by atoms with Crippen LogP contribution in [-0.4, -0.2) is 31.8 Å². The topological polar surface area (TPSA) is 70.9 Å². The first-order chi connectivity index (χ1) is 8.29. The highest BCUT2D eigenvalue weighted by Crippen LogP contribution is 2.24. The first kappa shape index (κ1) is 9.83. The molecule has 2 N–H and O–H groups in total. The average molecular weight is 228 g/mol. The van der Waals surface area contributed by atoms with Gasteiger partial charge in [0.05, 0.1) is 6.20 Å². The van der Waals surface area contributed by atoms with Crippen molar-refractivity contribution in [1.82, 2.24) is 24.8 Å². The van der Waals surface area contributed by atoms with Crippen LogP contribution in [0.25, 0.3) is 16.8 Å². The second-order valence-electron chi connectivity index (χ2n) is 3.79. The standard InChI is InChI=1S/C11H12N6/c1-7-9(8-5-13-14-6-8)3-4-17-10(7)15-11(12-2)16-17/h3-6H,1-2H3,(H,12,16)(H,13,14). The fraction of sp³-hybridized carbons (Fsp3) is 0.182. The van der Waals surface area contributed by atoms with Gasteiger partial charge in [-0.15, -0.1) is 5.10 Å². The molecule has 0 aliphatic rings. The number of pyridine rings is 1. The smallest absolute Gasteiger partial charge is 0.242 e. The summed E-state index contributed by atoms with van der Waals surface area (Å²) >= 11 is 0. The van der Waals surface area contributed by atoms with Gasteiger partial charge in [0.15, 0.2) is 5.65 Å². The Morgan fingerprint density at radius 3 is 3.00 bits per heavy atom. The van der Waals surface area contributed by atoms with Gasteiger partial charge in [-0.05, 0) is 18.6 Å². The van der Waals surface area contributed by atoms with E-state index in [1.54, 1.807) is 17.8 Å². The summed E-state index contributed by atoms with van der Waals surface area (Å²) in [5.41, 5.74) is 4.11. The molecule has 0 radical (unpaired) electrons. The van der Waals surface area contributed by atoms with Gasteiger partial charge in [0, 0.05) is 30.6 Å². The third-order valence-electron chi connectivity index (χ3n) is 2.79. The molecule has 3 aromatic heterocycles. The van der Waals surface area contributed by atoms with Crippen molar-refractivity contribution in [2.24, 2.45) is 0 Å². The number of hydrogen-bond acceptors (Lipinski definition) is 4. The summed E-state index contributed by atoms with van der Waals surface area (Å²) < 4.78 is 1.77. The predicted molar refractivity (Wildman–Crippen MR) is 64.9 cm³/mol. The van der Waals surface area contributed by atoms with E-state index in [0.717, 1.165) is 22.3 Å². The molecule has 3 aromatic rings. The molecular weight excluding hydrogens is 216 g/mol. The van der Waals surface area contributed by atoms with Crippen LogP contribution in [0.3, 0.4) is 0 Å². The first-order valence-electron chi connectivity index (χ1n) is 5.32. The quantitative estimate of drug-likeness (QED) is 0.696. The fourth-order valence-electron chi connectivity index (χ4n) is 1.89. The maximum atomic E-state index is 4.41. The van der Waals surface area contributed by atoms with Crippen LogP contribution in [-0.2, 0) is 0 Å². The Bertz CT molecular complexity index is 652. The lowest BCUT2D eigenvalue weighted by atomic mass is 10.1. The Morgan fingerprint density at radius 1 is 1.41 bits per heavy atom. The van der Waals surface area contributed by atoms with E-state index < -0.39 is 0 Å². The number of nitrogens with one attached hydrogen (secondary N) is 2. The van der Waals surface area contributed by atoms with Crippen LogP contribution in [0.1, 0.15) is 5.56 Å². The molecule has 0 fully saturated rings. The SMILES string of the molecule is CNc1nc2c(C)c(-c3cn[nH]c3)ccn2n1. The van der Waals surface area contributed by atoms with Gasteiger partial charge in [0.1, 0.15) is 0 Å². The zero-order valence-corrected chi connectivity index (χ0v) is 9.60. The minimum atomic E-state index is 0.623. The molecule has 0 amide bonds. The van der Waals surface area contributed by atoms with E-state index in [0.29, 0.717) is 5.95 Å². The minimum Gasteiger partial charge on any atom is -0.356 e. The number of H-pyrrole nitrogens is 1. The second-order valence-corrected chi connectivity index (χ2v) is 3.79. The molecule has 6 heteroatoms. The predicted octanol–water partition coefficient (Wildman–Crippen LogP) is 1.47. The number of rotatable bonds is 2. The summed E-state index contributed by atoms with van der Waals surface area (Å²) in [5.74, 6) is 0.623. The summed E-state index contributed by atoms with van der Waals surface area (Å²) in [6, 6.07) is 2.02. The Labute approximate surface area is 97.7 Å². The van der Waals surface area contributed by atoms with Gasteiger partial charge < -0.3 is 5.32 Å². The third kappa shape index (κ3) is 1.45. The van der Waals surface area contributed by atoms with E-state index in [2.05, 4.69) is 25.6 Å². The van der Waals surface area contributed by atoms with Gasteiger partial charge in [-0.1, -0.05) is 0 Å².